The van der Waals surface area contributed by atoms with Crippen LogP contribution in [0.2, 0.25) is 0 Å². The molecule has 0 radical (unpaired) electrons. The number of aliphatic carboxylic acids is 2. The van der Waals surface area contributed by atoms with Gasteiger partial charge in [-0.2, -0.15) is 8.75 Å². The zero-order valence-electron chi connectivity index (χ0n) is 14.7. The Bertz CT molecular complexity index is 1040. The van der Waals surface area contributed by atoms with Gasteiger partial charge in [0.15, 0.2) is 0 Å². The topological polar surface area (TPSA) is 104 Å². The van der Waals surface area contributed by atoms with E-state index in [0.717, 1.165) is 17.4 Å². The minimum atomic E-state index is -1.29. The molecule has 0 atom stereocenters. The van der Waals surface area contributed by atoms with Crippen molar-refractivity contribution in [2.24, 2.45) is 0 Å². The third-order valence-electron chi connectivity index (χ3n) is 4.15. The number of aromatic nitrogens is 2. The monoisotopic (exact) mass is 383 g/mol. The minimum Gasteiger partial charge on any atom is -0.478 e. The first-order chi connectivity index (χ1) is 12.9. The molecule has 0 aliphatic rings. The summed E-state index contributed by atoms with van der Waals surface area (Å²) in [6.07, 6.45) is -0.00196. The number of anilines is 1. The number of hydrogen-bond donors (Lipinski definition) is 2. The van der Waals surface area contributed by atoms with Gasteiger partial charge in [-0.3, -0.25) is 0 Å². The maximum Gasteiger partial charge on any atom is 0.336 e. The molecule has 138 valence electrons. The predicted octanol–water partition coefficient (Wildman–Crippen LogP) is 2.92. The van der Waals surface area contributed by atoms with Gasteiger partial charge in [0.2, 0.25) is 0 Å². The third-order valence-corrected chi connectivity index (χ3v) is 4.71. The van der Waals surface area contributed by atoms with Crippen molar-refractivity contribution in [2.75, 3.05) is 19.0 Å². The number of carboxylic acids is 2. The van der Waals surface area contributed by atoms with E-state index in [1.54, 1.807) is 30.3 Å². The van der Waals surface area contributed by atoms with E-state index >= 15 is 0 Å². The number of carbonyl (C=O) groups is 2. The van der Waals surface area contributed by atoms with E-state index in [1.807, 2.05) is 31.1 Å². The molecular weight excluding hydrogens is 366 g/mol. The van der Waals surface area contributed by atoms with E-state index in [4.69, 9.17) is 0 Å². The maximum absolute atomic E-state index is 11.9. The van der Waals surface area contributed by atoms with Gasteiger partial charge in [-0.15, -0.1) is 0 Å². The Kier molecular flexibility index (Phi) is 5.18. The Morgan fingerprint density at radius 1 is 0.963 bits per heavy atom. The Labute approximate surface area is 159 Å². The van der Waals surface area contributed by atoms with Crippen molar-refractivity contribution < 1.29 is 19.8 Å². The van der Waals surface area contributed by atoms with Gasteiger partial charge in [0, 0.05) is 26.2 Å². The average molecular weight is 383 g/mol. The Morgan fingerprint density at radius 3 is 2.22 bits per heavy atom. The lowest BCUT2D eigenvalue weighted by atomic mass is 9.94. The summed E-state index contributed by atoms with van der Waals surface area (Å²) < 4.78 is 8.18. The molecule has 2 aromatic carbocycles. The van der Waals surface area contributed by atoms with Crippen LogP contribution in [-0.4, -0.2) is 45.0 Å². The quantitative estimate of drug-likeness (QED) is 0.631. The van der Waals surface area contributed by atoms with E-state index in [0.29, 0.717) is 22.2 Å². The lowest BCUT2D eigenvalue weighted by Crippen LogP contribution is -2.13. The fourth-order valence-corrected chi connectivity index (χ4v) is 3.27. The van der Waals surface area contributed by atoms with E-state index < -0.39 is 11.9 Å². The maximum atomic E-state index is 11.9. The molecule has 0 fully saturated rings. The van der Waals surface area contributed by atoms with Gasteiger partial charge >= 0.3 is 11.9 Å². The molecule has 1 aromatic heterocycles. The lowest BCUT2D eigenvalue weighted by molar-refractivity contribution is -0.134. The van der Waals surface area contributed by atoms with Gasteiger partial charge in [0.05, 0.1) is 22.9 Å². The van der Waals surface area contributed by atoms with Crippen LogP contribution in [-0.2, 0) is 16.0 Å². The first-order valence-corrected chi connectivity index (χ1v) is 8.78. The number of fused-ring (bicyclic) bond motifs is 1. The van der Waals surface area contributed by atoms with Gasteiger partial charge in [-0.05, 0) is 35.4 Å². The summed E-state index contributed by atoms with van der Waals surface area (Å²) in [5, 5.41) is 19.4. The summed E-state index contributed by atoms with van der Waals surface area (Å²) in [6.45, 7) is 0. The van der Waals surface area contributed by atoms with Gasteiger partial charge in [-0.25, -0.2) is 9.59 Å². The highest BCUT2D eigenvalue weighted by atomic mass is 32.1. The molecule has 1 heterocycles. The van der Waals surface area contributed by atoms with E-state index in [2.05, 4.69) is 8.75 Å². The number of nitrogens with zero attached hydrogens (tertiary/aromatic N) is 3. The normalized spacial score (nSPS) is 11.9. The van der Waals surface area contributed by atoms with Crippen LogP contribution in [0.5, 0.6) is 0 Å². The van der Waals surface area contributed by atoms with Gasteiger partial charge in [-0.1, -0.05) is 18.2 Å². The lowest BCUT2D eigenvalue weighted by Gasteiger charge is -2.13. The second kappa shape index (κ2) is 7.55. The van der Waals surface area contributed by atoms with Crippen molar-refractivity contribution in [3.63, 3.8) is 0 Å². The van der Waals surface area contributed by atoms with Crippen molar-refractivity contribution in [3.05, 3.63) is 59.2 Å². The second-order valence-corrected chi connectivity index (χ2v) is 6.70. The molecule has 0 saturated heterocycles. The van der Waals surface area contributed by atoms with Gasteiger partial charge in [0.1, 0.15) is 11.0 Å². The zero-order chi connectivity index (χ0) is 19.6. The van der Waals surface area contributed by atoms with Crippen LogP contribution in [0.3, 0.4) is 0 Å². The predicted molar refractivity (Wildman–Crippen MR) is 104 cm³/mol. The molecule has 0 unspecified atom stereocenters. The summed E-state index contributed by atoms with van der Waals surface area (Å²) in [7, 11) is 3.81. The molecule has 3 aromatic rings. The summed E-state index contributed by atoms with van der Waals surface area (Å²) in [4.78, 5) is 25.7. The molecule has 0 amide bonds. The van der Waals surface area contributed by atoms with Crippen molar-refractivity contribution in [3.8, 4) is 0 Å². The smallest absolute Gasteiger partial charge is 0.336 e. The van der Waals surface area contributed by atoms with Gasteiger partial charge in [0.25, 0.3) is 0 Å². The molecular formula is C19H17N3O4S. The highest BCUT2D eigenvalue weighted by molar-refractivity contribution is 7.00. The summed E-state index contributed by atoms with van der Waals surface area (Å²) in [5.74, 6) is -2.56. The summed E-state index contributed by atoms with van der Waals surface area (Å²) >= 11 is 1.02. The van der Waals surface area contributed by atoms with Crippen molar-refractivity contribution >= 4 is 46.0 Å². The number of rotatable bonds is 6. The molecule has 0 saturated carbocycles. The molecule has 2 N–H and O–H groups in total. The summed E-state index contributed by atoms with van der Waals surface area (Å²) in [6, 6.07) is 12.1. The van der Waals surface area contributed by atoms with Crippen LogP contribution in [0.4, 0.5) is 5.69 Å². The first kappa shape index (κ1) is 18.5. The Hall–Kier alpha value is -3.26. The van der Waals surface area contributed by atoms with E-state index in [1.165, 1.54) is 0 Å². The second-order valence-electron chi connectivity index (χ2n) is 6.17. The molecule has 3 rings (SSSR count). The average Bonchev–Trinajstić information content (AvgIpc) is 3.09. The number of carboxylic acid groups (broad SMARTS) is 2. The third kappa shape index (κ3) is 3.95. The molecule has 7 nitrogen and oxygen atoms in total. The number of hydrogen-bond acceptors (Lipinski definition) is 6. The SMILES string of the molecule is CN(C)c1ccc(C/C(C(=O)O)=C(/C(=O)O)c2ccc3nsnc3c2)cc1. The fourth-order valence-electron chi connectivity index (χ4n) is 2.75. The first-order valence-electron chi connectivity index (χ1n) is 8.05. The standard InChI is InChI=1S/C19H17N3O4S/c1-22(2)13-6-3-11(4-7-13)9-14(18(23)24)17(19(25)26)12-5-8-15-16(10-12)21-27-20-15/h3-8,10H,9H2,1-2H3,(H,23,24)(H,25,26)/b17-14-. The van der Waals surface area contributed by atoms with Crippen LogP contribution in [0.15, 0.2) is 48.0 Å². The minimum absolute atomic E-state index is 0.00196. The highest BCUT2D eigenvalue weighted by Gasteiger charge is 2.23. The van der Waals surface area contributed by atoms with Crippen LogP contribution < -0.4 is 4.90 Å². The Balaban J connectivity index is 2.07. The molecule has 0 aliphatic carbocycles. The molecule has 0 spiro atoms. The zero-order valence-corrected chi connectivity index (χ0v) is 15.5. The molecule has 8 heteroatoms. The van der Waals surface area contributed by atoms with Crippen LogP contribution in [0.1, 0.15) is 11.1 Å². The fraction of sp³-hybridized carbons (Fsp3) is 0.158. The molecule has 0 bridgehead atoms. The van der Waals surface area contributed by atoms with Crippen molar-refractivity contribution in [1.29, 1.82) is 0 Å². The van der Waals surface area contributed by atoms with Crippen LogP contribution in [0.25, 0.3) is 16.6 Å². The van der Waals surface area contributed by atoms with Gasteiger partial charge < -0.3 is 15.1 Å². The van der Waals surface area contributed by atoms with E-state index in [9.17, 15) is 19.8 Å². The largest absolute Gasteiger partial charge is 0.478 e. The van der Waals surface area contributed by atoms with Crippen LogP contribution in [0, 0.1) is 0 Å². The summed E-state index contributed by atoms with van der Waals surface area (Å²) in [5.41, 5.74) is 2.75. The Morgan fingerprint density at radius 2 is 1.63 bits per heavy atom. The highest BCUT2D eigenvalue weighted by Crippen LogP contribution is 2.26. The molecule has 27 heavy (non-hydrogen) atoms. The van der Waals surface area contributed by atoms with Crippen molar-refractivity contribution in [2.45, 2.75) is 6.42 Å². The molecule has 0 aliphatic heterocycles. The van der Waals surface area contributed by atoms with Crippen molar-refractivity contribution in [1.82, 2.24) is 8.75 Å². The van der Waals surface area contributed by atoms with Crippen LogP contribution >= 0.6 is 11.7 Å². The van der Waals surface area contributed by atoms with E-state index in [-0.39, 0.29) is 17.6 Å². The number of benzene rings is 2.